The van der Waals surface area contributed by atoms with Gasteiger partial charge in [-0.15, -0.1) is 0 Å². The van der Waals surface area contributed by atoms with Gasteiger partial charge in [-0.2, -0.15) is 8.78 Å². The lowest BCUT2D eigenvalue weighted by atomic mass is 10.1. The van der Waals surface area contributed by atoms with Gasteiger partial charge < -0.3 is 4.90 Å². The van der Waals surface area contributed by atoms with Crippen LogP contribution in [0.15, 0.2) is 53.4 Å². The van der Waals surface area contributed by atoms with Gasteiger partial charge in [0, 0.05) is 18.7 Å². The molecule has 1 amide bonds. The minimum atomic E-state index is -4.66. The molecule has 2 rings (SSSR count). The summed E-state index contributed by atoms with van der Waals surface area (Å²) in [6.07, 6.45) is 0. The number of rotatable bonds is 6. The summed E-state index contributed by atoms with van der Waals surface area (Å²) in [6, 6.07) is 12.3. The first kappa shape index (κ1) is 19.1. The highest BCUT2D eigenvalue weighted by Crippen LogP contribution is 2.20. The molecular weight excluding hydrogens is 348 g/mol. The number of hydrogen-bond acceptors (Lipinski definition) is 3. The third-order valence-corrected chi connectivity index (χ3v) is 5.35. The number of sulfone groups is 1. The Bertz CT molecular complexity index is 849. The first-order chi connectivity index (χ1) is 11.8. The molecule has 2 aromatic carbocycles. The molecule has 7 heteroatoms. The standard InChI is InChI=1S/C18H19F2NO3S/c1-3-21(12-15-7-5-4-6-13(15)2)17(22)14-8-10-16(11-9-14)25(23,24)18(19)20/h4-11,18H,3,12H2,1-2H3. The van der Waals surface area contributed by atoms with E-state index in [9.17, 15) is 22.0 Å². The third-order valence-electron chi connectivity index (χ3n) is 3.96. The second-order valence-corrected chi connectivity index (χ2v) is 7.49. The van der Waals surface area contributed by atoms with Crippen LogP contribution in [0.4, 0.5) is 8.78 Å². The molecule has 0 aliphatic heterocycles. The lowest BCUT2D eigenvalue weighted by molar-refractivity contribution is 0.0752. The zero-order valence-corrected chi connectivity index (χ0v) is 14.8. The van der Waals surface area contributed by atoms with Crippen molar-refractivity contribution in [3.63, 3.8) is 0 Å². The molecule has 25 heavy (non-hydrogen) atoms. The summed E-state index contributed by atoms with van der Waals surface area (Å²) in [4.78, 5) is 13.7. The quantitative estimate of drug-likeness (QED) is 0.783. The smallest absolute Gasteiger partial charge is 0.335 e. The van der Waals surface area contributed by atoms with Crippen molar-refractivity contribution in [2.75, 3.05) is 6.54 Å². The Morgan fingerprint density at radius 2 is 1.68 bits per heavy atom. The molecule has 0 spiro atoms. The number of carbonyl (C=O) groups excluding carboxylic acids is 1. The topological polar surface area (TPSA) is 54.5 Å². The van der Waals surface area contributed by atoms with Gasteiger partial charge in [0.2, 0.25) is 9.84 Å². The van der Waals surface area contributed by atoms with E-state index in [0.717, 1.165) is 23.3 Å². The van der Waals surface area contributed by atoms with E-state index in [0.29, 0.717) is 13.1 Å². The van der Waals surface area contributed by atoms with E-state index in [2.05, 4.69) is 0 Å². The first-order valence-electron chi connectivity index (χ1n) is 7.73. The molecule has 0 unspecified atom stereocenters. The second-order valence-electron chi connectivity index (χ2n) is 5.58. The first-order valence-corrected chi connectivity index (χ1v) is 9.28. The van der Waals surface area contributed by atoms with Crippen LogP contribution in [-0.2, 0) is 16.4 Å². The van der Waals surface area contributed by atoms with Crippen molar-refractivity contribution in [1.82, 2.24) is 4.90 Å². The van der Waals surface area contributed by atoms with E-state index in [4.69, 9.17) is 0 Å². The maximum atomic E-state index is 12.6. The molecule has 0 radical (unpaired) electrons. The number of hydrogen-bond donors (Lipinski definition) is 0. The van der Waals surface area contributed by atoms with Crippen molar-refractivity contribution >= 4 is 15.7 Å². The summed E-state index contributed by atoms with van der Waals surface area (Å²) in [5.74, 6) is -3.77. The highest BCUT2D eigenvalue weighted by atomic mass is 32.2. The molecule has 0 N–H and O–H groups in total. The van der Waals surface area contributed by atoms with Gasteiger partial charge in [-0.05, 0) is 49.2 Å². The third kappa shape index (κ3) is 4.22. The SMILES string of the molecule is CCN(Cc1ccccc1C)C(=O)c1ccc(S(=O)(=O)C(F)F)cc1. The molecule has 4 nitrogen and oxygen atoms in total. The Morgan fingerprint density at radius 3 is 2.20 bits per heavy atom. The van der Waals surface area contributed by atoms with Crippen LogP contribution in [0.25, 0.3) is 0 Å². The van der Waals surface area contributed by atoms with E-state index in [1.165, 1.54) is 12.1 Å². The van der Waals surface area contributed by atoms with Crippen LogP contribution < -0.4 is 0 Å². The average molecular weight is 367 g/mol. The van der Waals surface area contributed by atoms with Gasteiger partial charge in [-0.25, -0.2) is 8.42 Å². The molecule has 0 aliphatic rings. The van der Waals surface area contributed by atoms with E-state index < -0.39 is 20.5 Å². The fraction of sp³-hybridized carbons (Fsp3) is 0.278. The van der Waals surface area contributed by atoms with Crippen molar-refractivity contribution in [2.24, 2.45) is 0 Å². The fourth-order valence-corrected chi connectivity index (χ4v) is 3.11. The molecule has 0 aliphatic carbocycles. The largest absolute Gasteiger partial charge is 0.341 e. The van der Waals surface area contributed by atoms with Crippen LogP contribution in [0.1, 0.15) is 28.4 Å². The Hall–Kier alpha value is -2.28. The van der Waals surface area contributed by atoms with Crippen LogP contribution in [0.3, 0.4) is 0 Å². The van der Waals surface area contributed by atoms with E-state index in [1.54, 1.807) is 4.90 Å². The van der Waals surface area contributed by atoms with Crippen molar-refractivity contribution in [3.05, 3.63) is 65.2 Å². The predicted octanol–water partition coefficient (Wildman–Crippen LogP) is 3.65. The monoisotopic (exact) mass is 367 g/mol. The van der Waals surface area contributed by atoms with E-state index >= 15 is 0 Å². The molecule has 0 fully saturated rings. The number of nitrogens with zero attached hydrogens (tertiary/aromatic N) is 1. The predicted molar refractivity (Wildman–Crippen MR) is 91.2 cm³/mol. The normalized spacial score (nSPS) is 11.6. The van der Waals surface area contributed by atoms with Gasteiger partial charge in [0.25, 0.3) is 5.91 Å². The number of benzene rings is 2. The highest BCUT2D eigenvalue weighted by Gasteiger charge is 2.26. The maximum Gasteiger partial charge on any atom is 0.341 e. The molecule has 0 aromatic heterocycles. The van der Waals surface area contributed by atoms with Crippen LogP contribution in [0.2, 0.25) is 0 Å². The average Bonchev–Trinajstić information content (AvgIpc) is 2.60. The van der Waals surface area contributed by atoms with Gasteiger partial charge >= 0.3 is 5.76 Å². The second kappa shape index (κ2) is 7.74. The molecule has 0 atom stereocenters. The Morgan fingerprint density at radius 1 is 1.08 bits per heavy atom. The summed E-state index contributed by atoms with van der Waals surface area (Å²) in [5.41, 5.74) is 2.32. The Labute approximate surface area is 146 Å². The van der Waals surface area contributed by atoms with Gasteiger partial charge in [-0.1, -0.05) is 24.3 Å². The Balaban J connectivity index is 2.22. The molecular formula is C18H19F2NO3S. The van der Waals surface area contributed by atoms with E-state index in [-0.39, 0.29) is 11.5 Å². The summed E-state index contributed by atoms with van der Waals surface area (Å²) < 4.78 is 48.0. The minimum Gasteiger partial charge on any atom is -0.335 e. The van der Waals surface area contributed by atoms with Crippen LogP contribution in [0.5, 0.6) is 0 Å². The number of halogens is 2. The van der Waals surface area contributed by atoms with Crippen LogP contribution in [0, 0.1) is 6.92 Å². The zero-order valence-electron chi connectivity index (χ0n) is 13.9. The van der Waals surface area contributed by atoms with Crippen molar-refractivity contribution in [1.29, 1.82) is 0 Å². The summed E-state index contributed by atoms with van der Waals surface area (Å²) in [7, 11) is -4.66. The summed E-state index contributed by atoms with van der Waals surface area (Å²) in [6.45, 7) is 4.67. The van der Waals surface area contributed by atoms with Crippen molar-refractivity contribution in [3.8, 4) is 0 Å². The van der Waals surface area contributed by atoms with Gasteiger partial charge in [0.1, 0.15) is 0 Å². The summed E-state index contributed by atoms with van der Waals surface area (Å²) in [5, 5.41) is 0. The molecule has 0 bridgehead atoms. The zero-order chi connectivity index (χ0) is 18.6. The number of aryl methyl sites for hydroxylation is 1. The number of alkyl halides is 2. The fourth-order valence-electron chi connectivity index (χ4n) is 2.39. The van der Waals surface area contributed by atoms with Crippen LogP contribution >= 0.6 is 0 Å². The number of amides is 1. The molecule has 0 saturated carbocycles. The maximum absolute atomic E-state index is 12.6. The van der Waals surface area contributed by atoms with E-state index in [1.807, 2.05) is 38.1 Å². The lowest BCUT2D eigenvalue weighted by Crippen LogP contribution is -2.30. The minimum absolute atomic E-state index is 0.253. The lowest BCUT2D eigenvalue weighted by Gasteiger charge is -2.22. The molecule has 134 valence electrons. The van der Waals surface area contributed by atoms with Crippen molar-refractivity contribution < 1.29 is 22.0 Å². The van der Waals surface area contributed by atoms with Gasteiger partial charge in [-0.3, -0.25) is 4.79 Å². The number of carbonyl (C=O) groups is 1. The molecule has 2 aromatic rings. The van der Waals surface area contributed by atoms with Crippen molar-refractivity contribution in [2.45, 2.75) is 31.0 Å². The molecule has 0 heterocycles. The van der Waals surface area contributed by atoms with Crippen LogP contribution in [-0.4, -0.2) is 31.5 Å². The Kier molecular flexibility index (Phi) is 5.89. The van der Waals surface area contributed by atoms with Gasteiger partial charge in [0.05, 0.1) is 4.90 Å². The molecule has 0 saturated heterocycles. The van der Waals surface area contributed by atoms with Gasteiger partial charge in [0.15, 0.2) is 0 Å². The summed E-state index contributed by atoms with van der Waals surface area (Å²) >= 11 is 0. The highest BCUT2D eigenvalue weighted by molar-refractivity contribution is 7.91.